The minimum Gasteiger partial charge on any atom is -0.481 e. The van der Waals surface area contributed by atoms with Gasteiger partial charge >= 0.3 is 23.9 Å². The van der Waals surface area contributed by atoms with Crippen LogP contribution < -0.4 is 32.6 Å². The number of halogens is 1. The fourth-order valence-electron chi connectivity index (χ4n) is 11.7. The highest BCUT2D eigenvalue weighted by Crippen LogP contribution is 2.56. The van der Waals surface area contributed by atoms with Gasteiger partial charge in [0.15, 0.2) is 0 Å². The van der Waals surface area contributed by atoms with Crippen LogP contribution in [0.5, 0.6) is 0 Å². The number of fused-ring (bicyclic) bond motifs is 6. The lowest BCUT2D eigenvalue weighted by Gasteiger charge is -2.37. The standard InChI is InChI=1S/C56H71FN8O17S/c1-6-56(35-20-40-48-33(25-64(40)50(73)34(35)26-81-54(56)77)45-37(58)8-7-32-29(4)36(57)21-38(62-48)46(32)45)82-52(75)47(28(2)3)63-53(76)55-23-31(55)9-12-65(55)51(74)39(22-44(70)71)61-41(66)10-13-78-15-17-80-18-16-79-14-11-59-42(67)24-60-49(72)30(27-83-5)19-43(68)69/h20-21,28,30-31,37,39,47H,6-19,22-27,58H2,1-5H3,(H,59,67)(H,60,72)(H,61,66)(H,63,76)(H,68,69)(H,70,71)/t30?,31?,37-,39-,47-,55?,56-/m0/s1. The first-order valence-electron chi connectivity index (χ1n) is 27.8. The van der Waals surface area contributed by atoms with Gasteiger partial charge in [0.25, 0.3) is 5.56 Å². The van der Waals surface area contributed by atoms with Gasteiger partial charge in [-0.2, -0.15) is 11.8 Å². The van der Waals surface area contributed by atoms with E-state index in [2.05, 4.69) is 21.3 Å². The van der Waals surface area contributed by atoms with Gasteiger partial charge < -0.3 is 70.4 Å². The fourth-order valence-corrected chi connectivity index (χ4v) is 12.4. The van der Waals surface area contributed by atoms with Crippen molar-refractivity contribution >= 4 is 76.1 Å². The van der Waals surface area contributed by atoms with Crippen LogP contribution in [0, 0.1) is 30.5 Å². The van der Waals surface area contributed by atoms with E-state index < -0.39 is 119 Å². The van der Waals surface area contributed by atoms with Crippen LogP contribution >= 0.6 is 11.8 Å². The van der Waals surface area contributed by atoms with Gasteiger partial charge in [-0.25, -0.2) is 19.0 Å². The summed E-state index contributed by atoms with van der Waals surface area (Å²) < 4.78 is 45.0. The number of aryl methyl sites for hydroxylation is 1. The monoisotopic (exact) mass is 1180 g/mol. The minimum atomic E-state index is -2.16. The smallest absolute Gasteiger partial charge is 0.355 e. The Kier molecular flexibility index (Phi) is 19.6. The second kappa shape index (κ2) is 26.2. The molecule has 2 fully saturated rings. The maximum absolute atomic E-state index is 15.3. The lowest BCUT2D eigenvalue weighted by molar-refractivity contribution is -0.191. The van der Waals surface area contributed by atoms with Crippen molar-refractivity contribution in [1.29, 1.82) is 0 Å². The van der Waals surface area contributed by atoms with Gasteiger partial charge in [0.2, 0.25) is 35.1 Å². The third-order valence-corrected chi connectivity index (χ3v) is 16.9. The van der Waals surface area contributed by atoms with Crippen molar-refractivity contribution in [3.05, 3.63) is 61.7 Å². The van der Waals surface area contributed by atoms with Gasteiger partial charge in [-0.3, -0.25) is 38.4 Å². The summed E-state index contributed by atoms with van der Waals surface area (Å²) in [6.07, 6.45) is 1.86. The lowest BCUT2D eigenvalue weighted by atomic mass is 9.82. The van der Waals surface area contributed by atoms with Gasteiger partial charge in [0.1, 0.15) is 30.0 Å². The summed E-state index contributed by atoms with van der Waals surface area (Å²) in [5.74, 6) is -9.55. The summed E-state index contributed by atoms with van der Waals surface area (Å²) >= 11 is 1.33. The number of esters is 2. The van der Waals surface area contributed by atoms with Crippen molar-refractivity contribution in [1.82, 2.24) is 35.7 Å². The molecular formula is C56H71FN8O17S. The molecule has 1 saturated carbocycles. The molecule has 27 heteroatoms. The number of likely N-dealkylation sites (tertiary alicyclic amines) is 1. The number of aliphatic carboxylic acids is 2. The Balaban J connectivity index is 0.833. The molecule has 7 atom stereocenters. The number of amides is 5. The van der Waals surface area contributed by atoms with Gasteiger partial charge in [-0.15, -0.1) is 0 Å². The maximum Gasteiger partial charge on any atom is 0.355 e. The molecule has 450 valence electrons. The van der Waals surface area contributed by atoms with E-state index >= 15 is 4.39 Å². The average molecular weight is 1180 g/mol. The number of carbonyl (C=O) groups excluding carboxylic acids is 7. The molecule has 83 heavy (non-hydrogen) atoms. The van der Waals surface area contributed by atoms with Gasteiger partial charge in [-0.1, -0.05) is 20.8 Å². The lowest BCUT2D eigenvalue weighted by Crippen LogP contribution is -2.59. The van der Waals surface area contributed by atoms with Crippen LogP contribution in [0.4, 0.5) is 4.39 Å². The molecule has 3 aliphatic heterocycles. The zero-order chi connectivity index (χ0) is 60.1. The number of carbonyl (C=O) groups is 9. The topological polar surface area (TPSA) is 353 Å². The largest absolute Gasteiger partial charge is 0.481 e. The van der Waals surface area contributed by atoms with E-state index in [0.29, 0.717) is 53.0 Å². The van der Waals surface area contributed by atoms with Crippen LogP contribution in [0.15, 0.2) is 16.9 Å². The third-order valence-electron chi connectivity index (χ3n) is 16.2. The highest BCUT2D eigenvalue weighted by atomic mass is 32.2. The number of cyclic esters (lactones) is 1. The summed E-state index contributed by atoms with van der Waals surface area (Å²) in [6.45, 7) is 6.80. The van der Waals surface area contributed by atoms with Crippen LogP contribution in [0.3, 0.4) is 0 Å². The van der Waals surface area contributed by atoms with Crippen molar-refractivity contribution in [3.63, 3.8) is 0 Å². The quantitative estimate of drug-likeness (QED) is 0.0297. The van der Waals surface area contributed by atoms with Gasteiger partial charge in [0.05, 0.1) is 94.0 Å². The molecule has 1 saturated heterocycles. The number of ether oxygens (including phenoxy) is 5. The molecule has 3 aromatic rings. The molecule has 0 radical (unpaired) electrons. The summed E-state index contributed by atoms with van der Waals surface area (Å²) in [5.41, 5.74) is 6.62. The van der Waals surface area contributed by atoms with Crippen LogP contribution in [0.2, 0.25) is 0 Å². The average Bonchev–Trinajstić information content (AvgIpc) is 1.71. The summed E-state index contributed by atoms with van der Waals surface area (Å²) in [5, 5.41) is 29.8. The molecule has 5 aliphatic rings. The first-order chi connectivity index (χ1) is 39.6. The normalized spacial score (nSPS) is 20.9. The molecule has 25 nitrogen and oxygen atoms in total. The molecule has 5 amide bonds. The van der Waals surface area contributed by atoms with Crippen LogP contribution in [0.1, 0.15) is 105 Å². The number of hydrogen-bond donors (Lipinski definition) is 7. The first-order valence-corrected chi connectivity index (χ1v) is 29.2. The Morgan fingerprint density at radius 1 is 0.916 bits per heavy atom. The number of nitrogens with two attached hydrogens (primary N) is 1. The van der Waals surface area contributed by atoms with E-state index in [1.165, 1.54) is 27.3 Å². The Morgan fingerprint density at radius 2 is 1.61 bits per heavy atom. The fraction of sp³-hybridized carbons (Fsp3) is 0.589. The highest BCUT2D eigenvalue weighted by molar-refractivity contribution is 7.98. The Bertz CT molecular complexity index is 3160. The molecular weight excluding hydrogens is 1110 g/mol. The number of carboxylic acids is 2. The van der Waals surface area contributed by atoms with Crippen molar-refractivity contribution < 1.29 is 81.4 Å². The Labute approximate surface area is 480 Å². The van der Waals surface area contributed by atoms with Crippen molar-refractivity contribution in [2.24, 2.45) is 23.5 Å². The summed E-state index contributed by atoms with van der Waals surface area (Å²) in [7, 11) is 0. The molecule has 8 rings (SSSR count). The number of aromatic nitrogens is 2. The van der Waals surface area contributed by atoms with Crippen molar-refractivity contribution in [3.8, 4) is 11.4 Å². The number of benzene rings is 1. The van der Waals surface area contributed by atoms with E-state index in [0.717, 1.165) is 16.5 Å². The minimum absolute atomic E-state index is 0.0571. The number of pyridine rings is 2. The van der Waals surface area contributed by atoms with E-state index in [1.807, 2.05) is 0 Å². The van der Waals surface area contributed by atoms with Crippen molar-refractivity contribution in [2.75, 3.05) is 71.3 Å². The predicted octanol–water partition coefficient (Wildman–Crippen LogP) is 1.24. The van der Waals surface area contributed by atoms with E-state index in [-0.39, 0.29) is 109 Å². The SMILES string of the molecule is CC[C@@]1(OC(=O)[C@@H](NC(=O)C23CC2CCN3C(=O)[C@H](CC(=O)O)NC(=O)CCOCCOCCOCCNC(=O)CNC(=O)C(CSC)CC(=O)O)C(C)C)C(=O)OCc2c1cc1n(c2=O)Cc2c-1nc1cc(F)c(C)c3c1c2[C@@H](N)CC3. The second-order valence-corrected chi connectivity index (χ2v) is 22.7. The number of nitrogens with one attached hydrogen (secondary N) is 4. The number of piperidine rings is 1. The number of carboxylic acid groups (broad SMARTS) is 2. The van der Waals surface area contributed by atoms with Crippen LogP contribution in [-0.4, -0.2) is 167 Å². The van der Waals surface area contributed by atoms with E-state index in [4.69, 9.17) is 39.5 Å². The number of nitrogens with zero attached hydrogens (tertiary/aromatic N) is 3. The van der Waals surface area contributed by atoms with E-state index in [9.17, 15) is 53.1 Å². The summed E-state index contributed by atoms with van der Waals surface area (Å²) in [6, 6.07) is -0.442. The number of rotatable bonds is 29. The van der Waals surface area contributed by atoms with Crippen molar-refractivity contribution in [2.45, 2.75) is 121 Å². The van der Waals surface area contributed by atoms with E-state index in [1.54, 1.807) is 40.0 Å². The molecule has 5 heterocycles. The molecule has 1 aromatic carbocycles. The number of hydrogen-bond acceptors (Lipinski definition) is 18. The maximum atomic E-state index is 15.3. The zero-order valence-electron chi connectivity index (χ0n) is 47.0. The molecule has 2 aromatic heterocycles. The highest BCUT2D eigenvalue weighted by Gasteiger charge is 2.69. The summed E-state index contributed by atoms with van der Waals surface area (Å²) in [4.78, 5) is 138. The van der Waals surface area contributed by atoms with Gasteiger partial charge in [-0.05, 0) is 79.9 Å². The van der Waals surface area contributed by atoms with Gasteiger partial charge in [0, 0.05) is 53.9 Å². The number of thioether (sulfide) groups is 1. The third kappa shape index (κ3) is 12.9. The Hall–Kier alpha value is -7.07. The predicted molar refractivity (Wildman–Crippen MR) is 294 cm³/mol. The molecule has 2 aliphatic carbocycles. The Morgan fingerprint density at radius 3 is 2.28 bits per heavy atom. The molecule has 0 spiro atoms. The second-order valence-electron chi connectivity index (χ2n) is 21.8. The first kappa shape index (κ1) is 62.0. The van der Waals surface area contributed by atoms with Crippen LogP contribution in [-0.2, 0) is 92.0 Å². The molecule has 3 unspecified atom stereocenters. The molecule has 0 bridgehead atoms. The molecule has 8 N–H and O–H groups in total. The van der Waals surface area contributed by atoms with Crippen LogP contribution in [0.25, 0.3) is 22.3 Å². The zero-order valence-corrected chi connectivity index (χ0v) is 47.8.